The molecule has 0 saturated heterocycles. The second-order valence-corrected chi connectivity index (χ2v) is 10.9. The first-order valence-electron chi connectivity index (χ1n) is 11.9. The van der Waals surface area contributed by atoms with Gasteiger partial charge in [-0.05, 0) is 87.2 Å². The summed E-state index contributed by atoms with van der Waals surface area (Å²) >= 11 is 0. The van der Waals surface area contributed by atoms with Crippen molar-refractivity contribution in [2.45, 2.75) is 103 Å². The summed E-state index contributed by atoms with van der Waals surface area (Å²) in [6.45, 7) is 12.7. The zero-order valence-corrected chi connectivity index (χ0v) is 19.5. The molecule has 0 amide bonds. The number of hydrogen-bond acceptors (Lipinski definition) is 3. The van der Waals surface area contributed by atoms with Gasteiger partial charge in [-0.1, -0.05) is 56.2 Å². The molecular formula is C27H42O3. The quantitative estimate of drug-likeness (QED) is 0.494. The van der Waals surface area contributed by atoms with Gasteiger partial charge in [0.2, 0.25) is 0 Å². The van der Waals surface area contributed by atoms with E-state index in [0.717, 1.165) is 43.3 Å². The summed E-state index contributed by atoms with van der Waals surface area (Å²) in [4.78, 5) is 0. The molecule has 5 atom stereocenters. The molecule has 3 aliphatic carbocycles. The van der Waals surface area contributed by atoms with E-state index >= 15 is 0 Å². The molecule has 2 saturated carbocycles. The average Bonchev–Trinajstić information content (AvgIpc) is 3.00. The molecule has 168 valence electrons. The molecule has 30 heavy (non-hydrogen) atoms. The van der Waals surface area contributed by atoms with Gasteiger partial charge in [0, 0.05) is 6.42 Å². The first kappa shape index (κ1) is 23.5. The maximum Gasteiger partial charge on any atom is 0.0811 e. The zero-order chi connectivity index (χ0) is 22.1. The van der Waals surface area contributed by atoms with Gasteiger partial charge in [0.25, 0.3) is 0 Å². The van der Waals surface area contributed by atoms with Gasteiger partial charge in [-0.25, -0.2) is 0 Å². The van der Waals surface area contributed by atoms with Crippen LogP contribution in [-0.4, -0.2) is 33.1 Å². The number of allylic oxidation sites excluding steroid dienone is 5. The maximum atomic E-state index is 10.1. The Morgan fingerprint density at radius 2 is 2.03 bits per heavy atom. The summed E-state index contributed by atoms with van der Waals surface area (Å²) in [5.41, 5.74) is 4.55. The molecule has 3 aliphatic rings. The Balaban J connectivity index is 1.71. The number of aliphatic hydroxyl groups excluding tert-OH is 2. The maximum absolute atomic E-state index is 10.1. The summed E-state index contributed by atoms with van der Waals surface area (Å²) in [7, 11) is 0. The van der Waals surface area contributed by atoms with Crippen molar-refractivity contribution in [1.29, 1.82) is 0 Å². The van der Waals surface area contributed by atoms with E-state index in [0.29, 0.717) is 24.7 Å². The van der Waals surface area contributed by atoms with Crippen molar-refractivity contribution in [2.75, 3.05) is 0 Å². The normalized spacial score (nSPS) is 36.2. The zero-order valence-electron chi connectivity index (χ0n) is 19.5. The number of fused-ring (bicyclic) bond motifs is 1. The van der Waals surface area contributed by atoms with Crippen LogP contribution in [0.25, 0.3) is 0 Å². The molecule has 0 aromatic rings. The Bertz CT molecular complexity index is 736. The van der Waals surface area contributed by atoms with Crippen LogP contribution in [0, 0.1) is 17.3 Å². The minimum Gasteiger partial charge on any atom is -0.393 e. The van der Waals surface area contributed by atoms with E-state index in [1.165, 1.54) is 18.4 Å². The fourth-order valence-electron chi connectivity index (χ4n) is 6.08. The van der Waals surface area contributed by atoms with Crippen LogP contribution < -0.4 is 0 Å². The molecule has 2 fully saturated rings. The smallest absolute Gasteiger partial charge is 0.0811 e. The fraction of sp³-hybridized carbons (Fsp3) is 0.704. The first-order chi connectivity index (χ1) is 14.0. The molecule has 0 aliphatic heterocycles. The predicted octanol–water partition coefficient (Wildman–Crippen LogP) is 5.62. The van der Waals surface area contributed by atoms with E-state index in [2.05, 4.69) is 38.7 Å². The van der Waals surface area contributed by atoms with Crippen LogP contribution in [0.4, 0.5) is 0 Å². The Morgan fingerprint density at radius 1 is 1.30 bits per heavy atom. The van der Waals surface area contributed by atoms with Crippen LogP contribution in [0.15, 0.2) is 47.1 Å². The third-order valence-electron chi connectivity index (χ3n) is 7.83. The van der Waals surface area contributed by atoms with Gasteiger partial charge >= 0.3 is 0 Å². The topological polar surface area (TPSA) is 60.7 Å². The van der Waals surface area contributed by atoms with Gasteiger partial charge in [0.15, 0.2) is 0 Å². The van der Waals surface area contributed by atoms with Crippen molar-refractivity contribution in [3.8, 4) is 0 Å². The SMILES string of the molecule is C=C1C(=CC=C2CCCC3(C)C(C(C)CCCC(C)(C)O)=CCC23)CC(O)CC1O. The molecule has 0 aromatic carbocycles. The van der Waals surface area contributed by atoms with E-state index in [9.17, 15) is 15.3 Å². The molecule has 3 heteroatoms. The van der Waals surface area contributed by atoms with Crippen molar-refractivity contribution in [3.63, 3.8) is 0 Å². The van der Waals surface area contributed by atoms with Gasteiger partial charge < -0.3 is 15.3 Å². The highest BCUT2D eigenvalue weighted by Crippen LogP contribution is 2.57. The monoisotopic (exact) mass is 414 g/mol. The molecule has 3 N–H and O–H groups in total. The van der Waals surface area contributed by atoms with Crippen LogP contribution >= 0.6 is 0 Å². The molecule has 5 unspecified atom stereocenters. The van der Waals surface area contributed by atoms with Crippen LogP contribution in [-0.2, 0) is 0 Å². The Labute approximate surface area is 183 Å². The third kappa shape index (κ3) is 5.18. The summed E-state index contributed by atoms with van der Waals surface area (Å²) in [6, 6.07) is 0. The largest absolute Gasteiger partial charge is 0.393 e. The van der Waals surface area contributed by atoms with Crippen LogP contribution in [0.2, 0.25) is 0 Å². The Kier molecular flexibility index (Phi) is 7.16. The predicted molar refractivity (Wildman–Crippen MR) is 124 cm³/mol. The summed E-state index contributed by atoms with van der Waals surface area (Å²) < 4.78 is 0. The standard InChI is InChI=1S/C27H42O3/c1-18(8-6-14-26(3,4)30)23-12-13-24-20(9-7-15-27(23,24)5)10-11-21-16-22(28)17-25(29)19(21)2/h10-12,18,22,24-25,28-30H,2,6-9,13-17H2,1,3-5H3. The summed E-state index contributed by atoms with van der Waals surface area (Å²) in [5, 5.41) is 30.2. The van der Waals surface area contributed by atoms with E-state index in [4.69, 9.17) is 0 Å². The second kappa shape index (κ2) is 9.14. The lowest BCUT2D eigenvalue weighted by molar-refractivity contribution is 0.0670. The van der Waals surface area contributed by atoms with Gasteiger partial charge in [-0.3, -0.25) is 0 Å². The highest BCUT2D eigenvalue weighted by atomic mass is 16.3. The molecule has 0 radical (unpaired) electrons. The number of rotatable bonds is 6. The second-order valence-electron chi connectivity index (χ2n) is 10.9. The summed E-state index contributed by atoms with van der Waals surface area (Å²) in [5.74, 6) is 1.12. The third-order valence-corrected chi connectivity index (χ3v) is 7.83. The molecule has 0 aromatic heterocycles. The van der Waals surface area contributed by atoms with Crippen molar-refractivity contribution < 1.29 is 15.3 Å². The molecule has 0 heterocycles. The van der Waals surface area contributed by atoms with Crippen molar-refractivity contribution in [3.05, 3.63) is 47.1 Å². The highest BCUT2D eigenvalue weighted by Gasteiger charge is 2.45. The minimum absolute atomic E-state index is 0.235. The Hall–Kier alpha value is -1.16. The number of aliphatic hydroxyl groups is 3. The highest BCUT2D eigenvalue weighted by molar-refractivity contribution is 5.40. The lowest BCUT2D eigenvalue weighted by Crippen LogP contribution is -2.32. The fourth-order valence-corrected chi connectivity index (χ4v) is 6.08. The van der Waals surface area contributed by atoms with Crippen molar-refractivity contribution >= 4 is 0 Å². The minimum atomic E-state index is -0.625. The van der Waals surface area contributed by atoms with E-state index in [-0.39, 0.29) is 5.41 Å². The van der Waals surface area contributed by atoms with Crippen molar-refractivity contribution in [1.82, 2.24) is 0 Å². The molecular weight excluding hydrogens is 372 g/mol. The van der Waals surface area contributed by atoms with Crippen LogP contribution in [0.5, 0.6) is 0 Å². The lowest BCUT2D eigenvalue weighted by atomic mass is 9.62. The van der Waals surface area contributed by atoms with E-state index < -0.39 is 17.8 Å². The van der Waals surface area contributed by atoms with E-state index in [1.54, 1.807) is 5.57 Å². The van der Waals surface area contributed by atoms with Crippen LogP contribution in [0.3, 0.4) is 0 Å². The molecule has 0 bridgehead atoms. The number of hydrogen-bond donors (Lipinski definition) is 3. The lowest BCUT2D eigenvalue weighted by Gasteiger charge is -2.42. The van der Waals surface area contributed by atoms with E-state index in [1.807, 2.05) is 13.8 Å². The van der Waals surface area contributed by atoms with Gasteiger partial charge in [0.1, 0.15) is 0 Å². The first-order valence-corrected chi connectivity index (χ1v) is 11.9. The van der Waals surface area contributed by atoms with Crippen molar-refractivity contribution in [2.24, 2.45) is 17.3 Å². The van der Waals surface area contributed by atoms with Crippen LogP contribution in [0.1, 0.15) is 85.5 Å². The van der Waals surface area contributed by atoms with Gasteiger partial charge in [0.05, 0.1) is 17.8 Å². The average molecular weight is 415 g/mol. The van der Waals surface area contributed by atoms with Gasteiger partial charge in [-0.2, -0.15) is 0 Å². The van der Waals surface area contributed by atoms with Gasteiger partial charge in [-0.15, -0.1) is 0 Å². The molecule has 0 spiro atoms. The Morgan fingerprint density at radius 3 is 2.73 bits per heavy atom. The molecule has 3 nitrogen and oxygen atoms in total. The molecule has 3 rings (SSSR count). The summed E-state index contributed by atoms with van der Waals surface area (Å²) in [6.07, 6.45) is 14.5.